The molecule has 0 aliphatic heterocycles. The molecule has 1 amide bonds. The Balaban J connectivity index is 1.24. The number of pyridine rings is 1. The van der Waals surface area contributed by atoms with Crippen molar-refractivity contribution in [2.75, 3.05) is 5.32 Å². The molecular weight excluding hydrogens is 454 g/mol. The zero-order valence-corrected chi connectivity index (χ0v) is 20.0. The monoisotopic (exact) mass is 479 g/mol. The van der Waals surface area contributed by atoms with Crippen LogP contribution in [0.3, 0.4) is 0 Å². The molecule has 10 nitrogen and oxygen atoms in total. The number of carbonyl (C=O) groups is 1. The van der Waals surface area contributed by atoms with Crippen molar-refractivity contribution >= 4 is 11.6 Å². The molecule has 36 heavy (non-hydrogen) atoms. The van der Waals surface area contributed by atoms with E-state index in [2.05, 4.69) is 35.8 Å². The molecule has 180 valence electrons. The standard InChI is InChI=1S/C26H25N9O/c1-18-6-5-13-35(18)24-20(8-4-11-28-24)15-30-26(36)19-7-3-9-21(14-19)29-16-23-32-33-25(34(23)2)22-10-12-27-17-31-22/h3-14,17,29H,15-16H2,1-2H3,(H,30,36). The van der Waals surface area contributed by atoms with Crippen molar-refractivity contribution in [3.05, 3.63) is 102 Å². The Morgan fingerprint density at radius 2 is 1.89 bits per heavy atom. The fourth-order valence-corrected chi connectivity index (χ4v) is 3.88. The third-order valence-electron chi connectivity index (χ3n) is 5.84. The molecule has 1 aromatic carbocycles. The van der Waals surface area contributed by atoms with E-state index in [4.69, 9.17) is 0 Å². The zero-order valence-electron chi connectivity index (χ0n) is 20.0. The normalized spacial score (nSPS) is 10.8. The summed E-state index contributed by atoms with van der Waals surface area (Å²) < 4.78 is 3.89. The van der Waals surface area contributed by atoms with E-state index in [0.29, 0.717) is 30.2 Å². The van der Waals surface area contributed by atoms with Gasteiger partial charge in [0.2, 0.25) is 0 Å². The lowest BCUT2D eigenvalue weighted by Gasteiger charge is -2.13. The molecule has 0 spiro atoms. The van der Waals surface area contributed by atoms with E-state index >= 15 is 0 Å². The highest BCUT2D eigenvalue weighted by Gasteiger charge is 2.13. The number of nitrogens with one attached hydrogen (secondary N) is 2. The molecule has 0 saturated carbocycles. The number of rotatable bonds is 8. The van der Waals surface area contributed by atoms with Crippen molar-refractivity contribution in [2.24, 2.45) is 7.05 Å². The summed E-state index contributed by atoms with van der Waals surface area (Å²) in [5.41, 5.74) is 4.07. The lowest BCUT2D eigenvalue weighted by atomic mass is 10.1. The topological polar surface area (TPSA) is 115 Å². The number of amides is 1. The number of benzene rings is 1. The second-order valence-corrected chi connectivity index (χ2v) is 8.22. The van der Waals surface area contributed by atoms with E-state index in [1.807, 2.05) is 71.8 Å². The van der Waals surface area contributed by atoms with Crippen molar-refractivity contribution in [3.8, 4) is 17.3 Å². The highest BCUT2D eigenvalue weighted by molar-refractivity contribution is 5.95. The molecule has 0 fully saturated rings. The minimum Gasteiger partial charge on any atom is -0.378 e. The molecule has 4 aromatic heterocycles. The number of anilines is 1. The molecule has 5 rings (SSSR count). The van der Waals surface area contributed by atoms with Crippen molar-refractivity contribution in [2.45, 2.75) is 20.0 Å². The third-order valence-corrected chi connectivity index (χ3v) is 5.84. The largest absolute Gasteiger partial charge is 0.378 e. The van der Waals surface area contributed by atoms with Crippen LogP contribution in [-0.4, -0.2) is 40.2 Å². The first-order chi connectivity index (χ1) is 17.6. The highest BCUT2D eigenvalue weighted by Crippen LogP contribution is 2.17. The van der Waals surface area contributed by atoms with Gasteiger partial charge in [0.25, 0.3) is 5.91 Å². The SMILES string of the molecule is Cc1cccn1-c1ncccc1CNC(=O)c1cccc(NCc2nnc(-c3ccncn3)n2C)c1. The van der Waals surface area contributed by atoms with Crippen LogP contribution >= 0.6 is 0 Å². The van der Waals surface area contributed by atoms with Crippen molar-refractivity contribution in [3.63, 3.8) is 0 Å². The van der Waals surface area contributed by atoms with Crippen LogP contribution in [0.2, 0.25) is 0 Å². The Kier molecular flexibility index (Phi) is 6.48. The predicted molar refractivity (Wildman–Crippen MR) is 135 cm³/mol. The lowest BCUT2D eigenvalue weighted by Crippen LogP contribution is -2.24. The van der Waals surface area contributed by atoms with E-state index in [1.165, 1.54) is 6.33 Å². The van der Waals surface area contributed by atoms with Crippen molar-refractivity contribution < 1.29 is 4.79 Å². The molecule has 2 N–H and O–H groups in total. The van der Waals surface area contributed by atoms with Crippen LogP contribution in [0.5, 0.6) is 0 Å². The van der Waals surface area contributed by atoms with Gasteiger partial charge in [-0.1, -0.05) is 12.1 Å². The average Bonchev–Trinajstić information content (AvgIpc) is 3.51. The summed E-state index contributed by atoms with van der Waals surface area (Å²) in [5, 5.41) is 14.8. The van der Waals surface area contributed by atoms with Crippen LogP contribution < -0.4 is 10.6 Å². The Hall–Kier alpha value is -4.86. The maximum Gasteiger partial charge on any atom is 0.251 e. The van der Waals surface area contributed by atoms with Gasteiger partial charge in [-0.05, 0) is 49.4 Å². The zero-order chi connectivity index (χ0) is 24.9. The van der Waals surface area contributed by atoms with E-state index < -0.39 is 0 Å². The second-order valence-electron chi connectivity index (χ2n) is 8.22. The van der Waals surface area contributed by atoms with Gasteiger partial charge in [-0.3, -0.25) is 4.79 Å². The van der Waals surface area contributed by atoms with Gasteiger partial charge < -0.3 is 19.8 Å². The number of aromatic nitrogens is 7. The number of aryl methyl sites for hydroxylation is 1. The highest BCUT2D eigenvalue weighted by atomic mass is 16.1. The summed E-state index contributed by atoms with van der Waals surface area (Å²) in [5.74, 6) is 2.04. The van der Waals surface area contributed by atoms with Crippen LogP contribution in [0.15, 0.2) is 79.5 Å². The van der Waals surface area contributed by atoms with Gasteiger partial charge in [-0.25, -0.2) is 15.0 Å². The first-order valence-corrected chi connectivity index (χ1v) is 11.4. The van der Waals surface area contributed by atoms with Gasteiger partial charge in [-0.15, -0.1) is 10.2 Å². The number of carbonyl (C=O) groups excluding carboxylic acids is 1. The maximum absolute atomic E-state index is 12.9. The van der Waals surface area contributed by atoms with Gasteiger partial charge >= 0.3 is 0 Å². The van der Waals surface area contributed by atoms with Gasteiger partial charge in [-0.2, -0.15) is 0 Å². The molecule has 0 aliphatic carbocycles. The Morgan fingerprint density at radius 3 is 2.69 bits per heavy atom. The molecule has 0 atom stereocenters. The van der Waals surface area contributed by atoms with Gasteiger partial charge in [0.05, 0.1) is 6.54 Å². The lowest BCUT2D eigenvalue weighted by molar-refractivity contribution is 0.0951. The van der Waals surface area contributed by atoms with Crippen LogP contribution in [0, 0.1) is 6.92 Å². The van der Waals surface area contributed by atoms with Crippen molar-refractivity contribution in [1.29, 1.82) is 0 Å². The van der Waals surface area contributed by atoms with E-state index in [1.54, 1.807) is 24.5 Å². The summed E-state index contributed by atoms with van der Waals surface area (Å²) in [6, 6.07) is 17.0. The molecule has 0 radical (unpaired) electrons. The van der Waals surface area contributed by atoms with E-state index in [-0.39, 0.29) is 5.91 Å². The Morgan fingerprint density at radius 1 is 0.972 bits per heavy atom. The molecular formula is C26H25N9O. The minimum atomic E-state index is -0.164. The predicted octanol–water partition coefficient (Wildman–Crippen LogP) is 3.31. The van der Waals surface area contributed by atoms with Crippen LogP contribution in [0.1, 0.15) is 27.4 Å². The number of hydrogen-bond acceptors (Lipinski definition) is 7. The quantitative estimate of drug-likeness (QED) is 0.351. The number of nitrogens with zero attached hydrogens (tertiary/aromatic N) is 7. The summed E-state index contributed by atoms with van der Waals surface area (Å²) in [4.78, 5) is 25.6. The first-order valence-electron chi connectivity index (χ1n) is 11.4. The van der Waals surface area contributed by atoms with Gasteiger partial charge in [0.1, 0.15) is 17.8 Å². The number of hydrogen-bond donors (Lipinski definition) is 2. The fourth-order valence-electron chi connectivity index (χ4n) is 3.88. The molecule has 4 heterocycles. The smallest absolute Gasteiger partial charge is 0.251 e. The third kappa shape index (κ3) is 4.83. The molecule has 0 unspecified atom stereocenters. The summed E-state index contributed by atoms with van der Waals surface area (Å²) in [7, 11) is 1.89. The summed E-state index contributed by atoms with van der Waals surface area (Å²) in [6.45, 7) is 2.82. The van der Waals surface area contributed by atoms with E-state index in [0.717, 1.165) is 28.6 Å². The molecule has 5 aromatic rings. The summed E-state index contributed by atoms with van der Waals surface area (Å²) in [6.07, 6.45) is 6.87. The van der Waals surface area contributed by atoms with Crippen molar-refractivity contribution in [1.82, 2.24) is 39.6 Å². The van der Waals surface area contributed by atoms with E-state index in [9.17, 15) is 4.79 Å². The molecule has 10 heteroatoms. The van der Waals surface area contributed by atoms with Gasteiger partial charge in [0, 0.05) is 54.7 Å². The van der Waals surface area contributed by atoms with Gasteiger partial charge in [0.15, 0.2) is 11.6 Å². The second kappa shape index (κ2) is 10.2. The van der Waals surface area contributed by atoms with Crippen LogP contribution in [-0.2, 0) is 20.1 Å². The summed E-state index contributed by atoms with van der Waals surface area (Å²) >= 11 is 0. The Bertz CT molecular complexity index is 1490. The van der Waals surface area contributed by atoms with Crippen LogP contribution in [0.4, 0.5) is 5.69 Å². The fraction of sp³-hybridized carbons (Fsp3) is 0.154. The average molecular weight is 480 g/mol. The molecule has 0 saturated heterocycles. The first kappa shape index (κ1) is 22.9. The molecule has 0 aliphatic rings. The maximum atomic E-state index is 12.9. The van der Waals surface area contributed by atoms with Crippen LogP contribution in [0.25, 0.3) is 17.3 Å². The Labute approximate surface area is 208 Å². The minimum absolute atomic E-state index is 0.164. The molecule has 0 bridgehead atoms.